The van der Waals surface area contributed by atoms with Crippen LogP contribution in [0.15, 0.2) is 6.07 Å². The van der Waals surface area contributed by atoms with Crippen molar-refractivity contribution < 1.29 is 0 Å². The molecular formula is C15H25N5. The topological polar surface area (TPSA) is 53.1 Å². The van der Waals surface area contributed by atoms with Gasteiger partial charge in [0.05, 0.1) is 0 Å². The van der Waals surface area contributed by atoms with Crippen molar-refractivity contribution in [2.45, 2.75) is 44.6 Å². The van der Waals surface area contributed by atoms with Crippen LogP contribution in [0.2, 0.25) is 0 Å². The molecular weight excluding hydrogens is 250 g/mol. The molecule has 1 aromatic heterocycles. The summed E-state index contributed by atoms with van der Waals surface area (Å²) in [6.45, 7) is 5.01. The van der Waals surface area contributed by atoms with E-state index in [1.165, 1.54) is 25.7 Å². The van der Waals surface area contributed by atoms with E-state index in [1.54, 1.807) is 0 Å². The molecule has 2 N–H and O–H groups in total. The molecule has 1 heterocycles. The molecule has 2 fully saturated rings. The van der Waals surface area contributed by atoms with Gasteiger partial charge in [0.2, 0.25) is 0 Å². The zero-order valence-electron chi connectivity index (χ0n) is 12.5. The molecule has 2 saturated carbocycles. The first kappa shape index (κ1) is 13.6. The van der Waals surface area contributed by atoms with Gasteiger partial charge >= 0.3 is 0 Å². The van der Waals surface area contributed by atoms with Crippen LogP contribution in [0.4, 0.5) is 11.6 Å². The standard InChI is InChI=1S/C15H25N5/c1-3-16-13-10-14(19-15(18-13)11-4-5-11)17-8-9-20(2)12-6-7-12/h10-12H,3-9H2,1-2H3,(H2,16,17,18,19). The van der Waals surface area contributed by atoms with Gasteiger partial charge in [0.25, 0.3) is 0 Å². The summed E-state index contributed by atoms with van der Waals surface area (Å²) in [7, 11) is 2.21. The molecule has 3 rings (SSSR count). The minimum atomic E-state index is 0.586. The third-order valence-electron chi connectivity index (χ3n) is 3.98. The van der Waals surface area contributed by atoms with E-state index in [-0.39, 0.29) is 0 Å². The highest BCUT2D eigenvalue weighted by molar-refractivity contribution is 5.48. The van der Waals surface area contributed by atoms with Crippen molar-refractivity contribution in [1.29, 1.82) is 0 Å². The van der Waals surface area contributed by atoms with E-state index in [9.17, 15) is 0 Å². The van der Waals surface area contributed by atoms with Gasteiger partial charge in [-0.3, -0.25) is 0 Å². The van der Waals surface area contributed by atoms with Crippen LogP contribution in [0.1, 0.15) is 44.3 Å². The third kappa shape index (κ3) is 3.60. The average Bonchev–Trinajstić information content (AvgIpc) is 3.31. The van der Waals surface area contributed by atoms with Crippen LogP contribution in [0, 0.1) is 0 Å². The van der Waals surface area contributed by atoms with Crippen LogP contribution in [0.25, 0.3) is 0 Å². The predicted molar refractivity (Wildman–Crippen MR) is 82.3 cm³/mol. The predicted octanol–water partition coefficient (Wildman–Crippen LogP) is 2.29. The number of rotatable bonds is 8. The number of hydrogen-bond acceptors (Lipinski definition) is 5. The van der Waals surface area contributed by atoms with Gasteiger partial charge in [0.1, 0.15) is 17.5 Å². The monoisotopic (exact) mass is 275 g/mol. The highest BCUT2D eigenvalue weighted by atomic mass is 15.2. The lowest BCUT2D eigenvalue weighted by atomic mass is 10.3. The van der Waals surface area contributed by atoms with E-state index in [2.05, 4.69) is 39.5 Å². The Bertz CT molecular complexity index is 454. The van der Waals surface area contributed by atoms with E-state index in [1.807, 2.05) is 6.07 Å². The Kier molecular flexibility index (Phi) is 4.05. The minimum Gasteiger partial charge on any atom is -0.370 e. The largest absolute Gasteiger partial charge is 0.370 e. The lowest BCUT2D eigenvalue weighted by Crippen LogP contribution is -2.27. The molecule has 0 unspecified atom stereocenters. The van der Waals surface area contributed by atoms with Gasteiger partial charge < -0.3 is 15.5 Å². The van der Waals surface area contributed by atoms with Gasteiger partial charge in [-0.1, -0.05) is 0 Å². The Labute approximate surface area is 121 Å². The summed E-state index contributed by atoms with van der Waals surface area (Å²) in [5.74, 6) is 3.49. The second-order valence-electron chi connectivity index (χ2n) is 5.94. The number of nitrogens with zero attached hydrogens (tertiary/aromatic N) is 3. The highest BCUT2D eigenvalue weighted by Gasteiger charge is 2.27. The summed E-state index contributed by atoms with van der Waals surface area (Å²) < 4.78 is 0. The molecule has 0 aliphatic heterocycles. The van der Waals surface area contributed by atoms with Crippen molar-refractivity contribution in [1.82, 2.24) is 14.9 Å². The van der Waals surface area contributed by atoms with Gasteiger partial charge in [-0.05, 0) is 39.7 Å². The Morgan fingerprint density at radius 2 is 1.85 bits per heavy atom. The maximum atomic E-state index is 4.65. The molecule has 110 valence electrons. The lowest BCUT2D eigenvalue weighted by Gasteiger charge is -2.16. The number of aromatic nitrogens is 2. The summed E-state index contributed by atoms with van der Waals surface area (Å²) in [6.07, 6.45) is 5.19. The van der Waals surface area contributed by atoms with Crippen molar-refractivity contribution >= 4 is 11.6 Å². The zero-order valence-corrected chi connectivity index (χ0v) is 12.5. The molecule has 0 aromatic carbocycles. The SMILES string of the molecule is CCNc1cc(NCCN(C)C2CC2)nc(C2CC2)n1. The third-order valence-corrected chi connectivity index (χ3v) is 3.98. The molecule has 0 amide bonds. The van der Waals surface area contributed by atoms with E-state index < -0.39 is 0 Å². The van der Waals surface area contributed by atoms with Crippen LogP contribution in [-0.4, -0.2) is 47.6 Å². The molecule has 0 bridgehead atoms. The molecule has 1 aromatic rings. The van der Waals surface area contributed by atoms with Crippen molar-refractivity contribution in [2.75, 3.05) is 37.3 Å². The van der Waals surface area contributed by atoms with E-state index in [0.29, 0.717) is 5.92 Å². The first-order chi connectivity index (χ1) is 9.76. The first-order valence-corrected chi connectivity index (χ1v) is 7.83. The van der Waals surface area contributed by atoms with Gasteiger partial charge in [-0.15, -0.1) is 0 Å². The number of hydrogen-bond donors (Lipinski definition) is 2. The van der Waals surface area contributed by atoms with E-state index >= 15 is 0 Å². The fraction of sp³-hybridized carbons (Fsp3) is 0.733. The van der Waals surface area contributed by atoms with Crippen molar-refractivity contribution in [3.8, 4) is 0 Å². The maximum absolute atomic E-state index is 4.65. The Balaban J connectivity index is 1.58. The fourth-order valence-electron chi connectivity index (χ4n) is 2.41. The number of anilines is 2. The van der Waals surface area contributed by atoms with Gasteiger partial charge in [-0.2, -0.15) is 0 Å². The highest BCUT2D eigenvalue weighted by Crippen LogP contribution is 2.38. The first-order valence-electron chi connectivity index (χ1n) is 7.83. The van der Waals surface area contributed by atoms with Crippen LogP contribution in [0.3, 0.4) is 0 Å². The summed E-state index contributed by atoms with van der Waals surface area (Å²) >= 11 is 0. The molecule has 0 radical (unpaired) electrons. The summed E-state index contributed by atoms with van der Waals surface area (Å²) in [4.78, 5) is 11.7. The molecule has 5 nitrogen and oxygen atoms in total. The quantitative estimate of drug-likeness (QED) is 0.762. The Hall–Kier alpha value is -1.36. The molecule has 2 aliphatic rings. The lowest BCUT2D eigenvalue weighted by molar-refractivity contribution is 0.337. The summed E-state index contributed by atoms with van der Waals surface area (Å²) in [5.41, 5.74) is 0. The van der Waals surface area contributed by atoms with Gasteiger partial charge in [0, 0.05) is 37.7 Å². The molecule has 0 saturated heterocycles. The molecule has 0 atom stereocenters. The van der Waals surface area contributed by atoms with Crippen molar-refractivity contribution in [2.24, 2.45) is 0 Å². The van der Waals surface area contributed by atoms with Crippen LogP contribution in [0.5, 0.6) is 0 Å². The van der Waals surface area contributed by atoms with Crippen LogP contribution < -0.4 is 10.6 Å². The van der Waals surface area contributed by atoms with Crippen LogP contribution in [-0.2, 0) is 0 Å². The van der Waals surface area contributed by atoms with E-state index in [4.69, 9.17) is 0 Å². The second-order valence-corrected chi connectivity index (χ2v) is 5.94. The Morgan fingerprint density at radius 1 is 1.15 bits per heavy atom. The van der Waals surface area contributed by atoms with Crippen LogP contribution >= 0.6 is 0 Å². The molecule has 20 heavy (non-hydrogen) atoms. The minimum absolute atomic E-state index is 0.586. The number of likely N-dealkylation sites (N-methyl/N-ethyl adjacent to an activating group) is 1. The maximum Gasteiger partial charge on any atom is 0.136 e. The molecule has 2 aliphatic carbocycles. The number of nitrogens with one attached hydrogen (secondary N) is 2. The van der Waals surface area contributed by atoms with Gasteiger partial charge in [0.15, 0.2) is 0 Å². The second kappa shape index (κ2) is 5.95. The molecule has 0 spiro atoms. The summed E-state index contributed by atoms with van der Waals surface area (Å²) in [5, 5.41) is 6.74. The zero-order chi connectivity index (χ0) is 13.9. The molecule has 5 heteroatoms. The average molecular weight is 275 g/mol. The van der Waals surface area contributed by atoms with E-state index in [0.717, 1.165) is 43.1 Å². The van der Waals surface area contributed by atoms with Crippen molar-refractivity contribution in [3.63, 3.8) is 0 Å². The smallest absolute Gasteiger partial charge is 0.136 e. The Morgan fingerprint density at radius 3 is 2.45 bits per heavy atom. The fourth-order valence-corrected chi connectivity index (χ4v) is 2.41. The van der Waals surface area contributed by atoms with Gasteiger partial charge in [-0.25, -0.2) is 9.97 Å². The van der Waals surface area contributed by atoms with Crippen molar-refractivity contribution in [3.05, 3.63) is 11.9 Å². The normalized spacial score (nSPS) is 18.4. The summed E-state index contributed by atoms with van der Waals surface area (Å²) in [6, 6.07) is 2.84.